The molecule has 1 aliphatic rings. The number of benzene rings is 1. The molecule has 1 heterocycles. The normalized spacial score (nSPS) is 18.3. The zero-order valence-electron chi connectivity index (χ0n) is 15.1. The highest BCUT2D eigenvalue weighted by atomic mass is 19.4. The summed E-state index contributed by atoms with van der Waals surface area (Å²) in [7, 11) is 0. The summed E-state index contributed by atoms with van der Waals surface area (Å²) in [5, 5.41) is 3.68. The van der Waals surface area contributed by atoms with Gasteiger partial charge in [0.1, 0.15) is 5.75 Å². The second-order valence-corrected chi connectivity index (χ2v) is 6.58. The highest BCUT2D eigenvalue weighted by Gasteiger charge is 2.29. The lowest BCUT2D eigenvalue weighted by atomic mass is 9.98. The van der Waals surface area contributed by atoms with Crippen molar-refractivity contribution >= 4 is 0 Å². The van der Waals surface area contributed by atoms with Crippen LogP contribution in [0.5, 0.6) is 5.75 Å². The molecule has 142 valence electrons. The van der Waals surface area contributed by atoms with Crippen molar-refractivity contribution in [2.45, 2.75) is 57.8 Å². The summed E-state index contributed by atoms with van der Waals surface area (Å²) >= 11 is 0. The molecule has 3 nitrogen and oxygen atoms in total. The predicted molar refractivity (Wildman–Crippen MR) is 93.9 cm³/mol. The van der Waals surface area contributed by atoms with Crippen LogP contribution in [0.4, 0.5) is 13.2 Å². The average molecular weight is 358 g/mol. The van der Waals surface area contributed by atoms with Gasteiger partial charge in [0, 0.05) is 24.2 Å². The summed E-state index contributed by atoms with van der Waals surface area (Å²) in [6.45, 7) is 6.29. The van der Waals surface area contributed by atoms with E-state index < -0.39 is 12.6 Å². The van der Waals surface area contributed by atoms with E-state index in [2.05, 4.69) is 18.3 Å². The molecule has 1 atom stereocenters. The van der Waals surface area contributed by atoms with Crippen molar-refractivity contribution in [1.82, 2.24) is 10.2 Å². The zero-order chi connectivity index (χ0) is 18.3. The van der Waals surface area contributed by atoms with Gasteiger partial charge in [0.25, 0.3) is 0 Å². The van der Waals surface area contributed by atoms with Crippen LogP contribution in [-0.2, 0) is 0 Å². The maximum Gasteiger partial charge on any atom is 0.390 e. The molecule has 1 unspecified atom stereocenters. The molecule has 1 N–H and O–H groups in total. The number of ether oxygens (including phenoxy) is 1. The van der Waals surface area contributed by atoms with E-state index in [1.807, 2.05) is 30.0 Å². The van der Waals surface area contributed by atoms with Gasteiger partial charge in [-0.2, -0.15) is 13.2 Å². The molecule has 0 bridgehead atoms. The van der Waals surface area contributed by atoms with Gasteiger partial charge in [0.05, 0.1) is 13.0 Å². The first-order chi connectivity index (χ1) is 11.9. The minimum atomic E-state index is -4.06. The fraction of sp³-hybridized carbons (Fsp3) is 0.684. The number of hydrogen-bond donors (Lipinski definition) is 1. The number of nitrogens with one attached hydrogen (secondary N) is 1. The Labute approximate surface area is 148 Å². The van der Waals surface area contributed by atoms with E-state index in [1.165, 1.54) is 0 Å². The standard InChI is InChI=1S/C19H29F3N2O/c1-3-17(16-7-5-6-8-18(16)25-4-2)23-15-9-12-24(13-10-15)14-11-19(20,21)22/h5-8,15,17,23H,3-4,9-14H2,1-2H3. The summed E-state index contributed by atoms with van der Waals surface area (Å²) in [6, 6.07) is 8.60. The lowest BCUT2D eigenvalue weighted by Gasteiger charge is -2.35. The summed E-state index contributed by atoms with van der Waals surface area (Å²) < 4.78 is 42.8. The van der Waals surface area contributed by atoms with Crippen LogP contribution in [0.1, 0.15) is 51.1 Å². The van der Waals surface area contributed by atoms with Crippen molar-refractivity contribution in [2.24, 2.45) is 0 Å². The van der Waals surface area contributed by atoms with Crippen molar-refractivity contribution in [3.8, 4) is 5.75 Å². The first-order valence-corrected chi connectivity index (χ1v) is 9.19. The lowest BCUT2D eigenvalue weighted by molar-refractivity contribution is -0.138. The van der Waals surface area contributed by atoms with Crippen LogP contribution in [0.3, 0.4) is 0 Å². The molecule has 1 aromatic rings. The zero-order valence-corrected chi connectivity index (χ0v) is 15.1. The van der Waals surface area contributed by atoms with Crippen LogP contribution < -0.4 is 10.1 Å². The second-order valence-electron chi connectivity index (χ2n) is 6.58. The minimum Gasteiger partial charge on any atom is -0.494 e. The van der Waals surface area contributed by atoms with Gasteiger partial charge in [-0.05, 0) is 45.3 Å². The summed E-state index contributed by atoms with van der Waals surface area (Å²) in [5.74, 6) is 0.909. The van der Waals surface area contributed by atoms with Crippen LogP contribution in [0, 0.1) is 0 Å². The molecule has 0 amide bonds. The van der Waals surface area contributed by atoms with Crippen LogP contribution in [0.2, 0.25) is 0 Å². The smallest absolute Gasteiger partial charge is 0.390 e. The molecule has 1 fully saturated rings. The number of para-hydroxylation sites is 1. The molecule has 1 aliphatic heterocycles. The van der Waals surface area contributed by atoms with Gasteiger partial charge >= 0.3 is 6.18 Å². The van der Waals surface area contributed by atoms with Gasteiger partial charge in [0.15, 0.2) is 0 Å². The Bertz CT molecular complexity index is 514. The van der Waals surface area contributed by atoms with Gasteiger partial charge in [-0.15, -0.1) is 0 Å². The Morgan fingerprint density at radius 1 is 1.20 bits per heavy atom. The number of likely N-dealkylation sites (tertiary alicyclic amines) is 1. The van der Waals surface area contributed by atoms with Gasteiger partial charge in [-0.25, -0.2) is 0 Å². The Morgan fingerprint density at radius 2 is 1.88 bits per heavy atom. The van der Waals surface area contributed by atoms with Gasteiger partial charge in [-0.1, -0.05) is 25.1 Å². The maximum absolute atomic E-state index is 12.3. The Morgan fingerprint density at radius 3 is 2.48 bits per heavy atom. The fourth-order valence-corrected chi connectivity index (χ4v) is 3.38. The van der Waals surface area contributed by atoms with Crippen molar-refractivity contribution in [2.75, 3.05) is 26.2 Å². The second kappa shape index (κ2) is 9.43. The van der Waals surface area contributed by atoms with Crippen LogP contribution in [0.15, 0.2) is 24.3 Å². The van der Waals surface area contributed by atoms with Gasteiger partial charge in [0.2, 0.25) is 0 Å². The molecular weight excluding hydrogens is 329 g/mol. The van der Waals surface area contributed by atoms with E-state index in [0.717, 1.165) is 43.7 Å². The van der Waals surface area contributed by atoms with Crippen molar-refractivity contribution in [3.63, 3.8) is 0 Å². The summed E-state index contributed by atoms with van der Waals surface area (Å²) in [5.41, 5.74) is 1.16. The first kappa shape index (κ1) is 20.0. The Balaban J connectivity index is 1.87. The SMILES string of the molecule is CCOc1ccccc1C(CC)NC1CCN(CCC(F)(F)F)CC1. The molecular formula is C19H29F3N2O. The number of halogens is 3. The van der Waals surface area contributed by atoms with Crippen molar-refractivity contribution < 1.29 is 17.9 Å². The molecule has 1 saturated heterocycles. The molecule has 1 aromatic carbocycles. The van der Waals surface area contributed by atoms with Gasteiger partial charge < -0.3 is 15.0 Å². The molecule has 0 spiro atoms. The summed E-state index contributed by atoms with van der Waals surface area (Å²) in [6.07, 6.45) is -2.08. The van der Waals surface area contributed by atoms with Gasteiger partial charge in [-0.3, -0.25) is 0 Å². The van der Waals surface area contributed by atoms with E-state index in [-0.39, 0.29) is 12.6 Å². The molecule has 0 saturated carbocycles. The maximum atomic E-state index is 12.3. The third kappa shape index (κ3) is 6.51. The van der Waals surface area contributed by atoms with E-state index in [0.29, 0.717) is 12.6 Å². The average Bonchev–Trinajstić information content (AvgIpc) is 2.59. The molecule has 2 rings (SSSR count). The van der Waals surface area contributed by atoms with E-state index in [9.17, 15) is 13.2 Å². The predicted octanol–water partition coefficient (Wildman–Crippen LogP) is 4.54. The Hall–Kier alpha value is -1.27. The first-order valence-electron chi connectivity index (χ1n) is 9.19. The lowest BCUT2D eigenvalue weighted by Crippen LogP contribution is -2.44. The van der Waals surface area contributed by atoms with Crippen LogP contribution in [0.25, 0.3) is 0 Å². The fourth-order valence-electron chi connectivity index (χ4n) is 3.38. The summed E-state index contributed by atoms with van der Waals surface area (Å²) in [4.78, 5) is 1.92. The third-order valence-corrected chi connectivity index (χ3v) is 4.74. The quantitative estimate of drug-likeness (QED) is 0.738. The third-order valence-electron chi connectivity index (χ3n) is 4.74. The van der Waals surface area contributed by atoms with Crippen molar-refractivity contribution in [3.05, 3.63) is 29.8 Å². The number of piperidine rings is 1. The Kier molecular flexibility index (Phi) is 7.56. The molecule has 6 heteroatoms. The number of hydrogen-bond acceptors (Lipinski definition) is 3. The van der Waals surface area contributed by atoms with E-state index in [1.54, 1.807) is 0 Å². The largest absolute Gasteiger partial charge is 0.494 e. The monoisotopic (exact) mass is 358 g/mol. The van der Waals surface area contributed by atoms with E-state index in [4.69, 9.17) is 4.74 Å². The van der Waals surface area contributed by atoms with Crippen molar-refractivity contribution in [1.29, 1.82) is 0 Å². The highest BCUT2D eigenvalue weighted by Crippen LogP contribution is 2.29. The molecule has 0 aromatic heterocycles. The van der Waals surface area contributed by atoms with Crippen LogP contribution in [-0.4, -0.2) is 43.4 Å². The molecule has 0 radical (unpaired) electrons. The molecule has 0 aliphatic carbocycles. The number of nitrogens with zero attached hydrogens (tertiary/aromatic N) is 1. The highest BCUT2D eigenvalue weighted by molar-refractivity contribution is 5.36. The van der Waals surface area contributed by atoms with Crippen LogP contribution >= 0.6 is 0 Å². The minimum absolute atomic E-state index is 0.112. The van der Waals surface area contributed by atoms with E-state index >= 15 is 0 Å². The number of alkyl halides is 3. The number of rotatable bonds is 8. The molecule has 25 heavy (non-hydrogen) atoms. The topological polar surface area (TPSA) is 24.5 Å².